The van der Waals surface area contributed by atoms with Gasteiger partial charge in [-0.25, -0.2) is 13.1 Å². The van der Waals surface area contributed by atoms with Crippen LogP contribution in [0.1, 0.15) is 59.4 Å². The van der Waals surface area contributed by atoms with Gasteiger partial charge in [0.1, 0.15) is 22.1 Å². The zero-order valence-electron chi connectivity index (χ0n) is 29.6. The summed E-state index contributed by atoms with van der Waals surface area (Å²) in [5.74, 6) is 1.32. The number of tetrazole rings is 1. The van der Waals surface area contributed by atoms with Crippen molar-refractivity contribution in [3.05, 3.63) is 113 Å². The molecule has 1 aromatic heterocycles. The molecule has 1 heterocycles. The minimum absolute atomic E-state index is 0.0540. The molecule has 0 unspecified atom stereocenters. The second kappa shape index (κ2) is 15.9. The van der Waals surface area contributed by atoms with Crippen LogP contribution in [0.4, 0.5) is 13.2 Å². The third-order valence-electron chi connectivity index (χ3n) is 9.59. The number of ether oxygens (including phenoxy) is 3. The SMILES string of the molecule is COc1ccc(CN(Cc2ccc(OC)cc2)S(=O)(=O)c2c(C(F)(F)F)ccc([C@H]3CC[C@H](N)CC3)c2-c2nnnn2Cc2ccc(OC)cc2)cc1. The Bertz CT molecular complexity index is 2050. The monoisotopic (exact) mass is 750 g/mol. The number of rotatable bonds is 13. The van der Waals surface area contributed by atoms with E-state index in [1.807, 2.05) is 0 Å². The third kappa shape index (κ3) is 8.47. The van der Waals surface area contributed by atoms with E-state index in [4.69, 9.17) is 19.9 Å². The molecule has 2 N–H and O–H groups in total. The Kier molecular flexibility index (Phi) is 11.4. The highest BCUT2D eigenvalue weighted by molar-refractivity contribution is 7.89. The van der Waals surface area contributed by atoms with E-state index in [1.165, 1.54) is 32.1 Å². The maximum Gasteiger partial charge on any atom is 0.417 e. The summed E-state index contributed by atoms with van der Waals surface area (Å²) >= 11 is 0. The Morgan fingerprint density at radius 1 is 0.755 bits per heavy atom. The number of hydrogen-bond donors (Lipinski definition) is 1. The lowest BCUT2D eigenvalue weighted by Gasteiger charge is -2.31. The summed E-state index contributed by atoms with van der Waals surface area (Å²) < 4.78 is 94.4. The first kappa shape index (κ1) is 37.8. The van der Waals surface area contributed by atoms with Crippen molar-refractivity contribution in [2.75, 3.05) is 21.3 Å². The summed E-state index contributed by atoms with van der Waals surface area (Å²) in [7, 11) is -0.421. The van der Waals surface area contributed by atoms with Crippen molar-refractivity contribution >= 4 is 10.0 Å². The van der Waals surface area contributed by atoms with Gasteiger partial charge >= 0.3 is 6.18 Å². The topological polar surface area (TPSA) is 135 Å². The maximum atomic E-state index is 15.3. The minimum Gasteiger partial charge on any atom is -0.497 e. The van der Waals surface area contributed by atoms with Gasteiger partial charge in [-0.2, -0.15) is 17.5 Å². The van der Waals surface area contributed by atoms with Crippen LogP contribution in [0, 0.1) is 0 Å². The molecule has 1 fully saturated rings. The van der Waals surface area contributed by atoms with E-state index in [-0.39, 0.29) is 43.0 Å². The number of halogens is 3. The van der Waals surface area contributed by atoms with E-state index in [0.717, 1.165) is 15.9 Å². The van der Waals surface area contributed by atoms with Crippen molar-refractivity contribution in [1.29, 1.82) is 0 Å². The molecular formula is C38H41F3N6O5S. The van der Waals surface area contributed by atoms with Gasteiger partial charge in [0.25, 0.3) is 0 Å². The Labute approximate surface area is 306 Å². The molecule has 11 nitrogen and oxygen atoms in total. The zero-order chi connectivity index (χ0) is 37.8. The Morgan fingerprint density at radius 3 is 1.72 bits per heavy atom. The van der Waals surface area contributed by atoms with Crippen molar-refractivity contribution < 1.29 is 35.8 Å². The number of nitrogens with two attached hydrogens (primary N) is 1. The van der Waals surface area contributed by atoms with Gasteiger partial charge in [0.2, 0.25) is 10.0 Å². The molecule has 15 heteroatoms. The summed E-state index contributed by atoms with van der Waals surface area (Å²) in [6.07, 6.45) is -2.68. The third-order valence-corrected chi connectivity index (χ3v) is 11.5. The van der Waals surface area contributed by atoms with Crippen molar-refractivity contribution in [1.82, 2.24) is 24.5 Å². The number of sulfonamides is 1. The Hall–Kier alpha value is -4.99. The van der Waals surface area contributed by atoms with Gasteiger partial charge in [-0.05, 0) is 107 Å². The van der Waals surface area contributed by atoms with Gasteiger partial charge in [-0.1, -0.05) is 42.5 Å². The van der Waals surface area contributed by atoms with E-state index < -0.39 is 26.7 Å². The van der Waals surface area contributed by atoms with Crippen LogP contribution in [0.3, 0.4) is 0 Å². The van der Waals surface area contributed by atoms with Crippen molar-refractivity contribution in [2.24, 2.45) is 5.73 Å². The molecule has 280 valence electrons. The molecule has 0 spiro atoms. The summed E-state index contributed by atoms with van der Waals surface area (Å²) in [6.45, 7) is -0.429. The standard InChI is InChI=1S/C38H41F3N6O5S/c1-50-30-14-4-25(5-15-30)22-46(23-26-6-16-31(51-2)17-7-26)53(48,49)36-34(38(39,40)41)21-20-33(28-10-12-29(42)13-11-28)35(36)37-43-44-45-47(37)24-27-8-18-32(52-3)19-9-27/h4-9,14-21,28-29H,10-13,22-24,42H2,1-3H3/t28-,29-. The highest BCUT2D eigenvalue weighted by atomic mass is 32.2. The molecule has 0 amide bonds. The van der Waals surface area contributed by atoms with Crippen LogP contribution in [0.5, 0.6) is 17.2 Å². The van der Waals surface area contributed by atoms with E-state index in [1.54, 1.807) is 72.8 Å². The quantitative estimate of drug-likeness (QED) is 0.138. The minimum atomic E-state index is -5.05. The van der Waals surface area contributed by atoms with Crippen LogP contribution in [-0.4, -0.2) is 60.3 Å². The van der Waals surface area contributed by atoms with Crippen LogP contribution in [-0.2, 0) is 35.8 Å². The van der Waals surface area contributed by atoms with Crippen LogP contribution in [0.15, 0.2) is 89.8 Å². The number of alkyl halides is 3. The highest BCUT2D eigenvalue weighted by Crippen LogP contribution is 2.46. The molecule has 0 atom stereocenters. The van der Waals surface area contributed by atoms with Crippen LogP contribution in [0.2, 0.25) is 0 Å². The summed E-state index contributed by atoms with van der Waals surface area (Å²) in [4.78, 5) is -0.898. The molecular weight excluding hydrogens is 710 g/mol. The average molecular weight is 751 g/mol. The number of hydrogen-bond acceptors (Lipinski definition) is 9. The molecule has 53 heavy (non-hydrogen) atoms. The van der Waals surface area contributed by atoms with Crippen LogP contribution >= 0.6 is 0 Å². The summed E-state index contributed by atoms with van der Waals surface area (Å²) in [5.41, 5.74) is 6.97. The van der Waals surface area contributed by atoms with E-state index in [9.17, 15) is 0 Å². The molecule has 0 bridgehead atoms. The molecule has 6 rings (SSSR count). The predicted molar refractivity (Wildman–Crippen MR) is 192 cm³/mol. The normalized spacial score (nSPS) is 16.5. The van der Waals surface area contributed by atoms with Crippen LogP contribution in [0.25, 0.3) is 11.4 Å². The van der Waals surface area contributed by atoms with Gasteiger partial charge in [0.15, 0.2) is 5.82 Å². The lowest BCUT2D eigenvalue weighted by Crippen LogP contribution is -2.33. The lowest BCUT2D eigenvalue weighted by atomic mass is 9.79. The molecule has 1 aliphatic carbocycles. The predicted octanol–water partition coefficient (Wildman–Crippen LogP) is 6.81. The Balaban J connectivity index is 1.57. The largest absolute Gasteiger partial charge is 0.497 e. The average Bonchev–Trinajstić information content (AvgIpc) is 3.62. The van der Waals surface area contributed by atoms with Gasteiger partial charge in [-0.15, -0.1) is 5.10 Å². The van der Waals surface area contributed by atoms with Gasteiger partial charge in [-0.3, -0.25) is 0 Å². The molecule has 0 radical (unpaired) electrons. The summed E-state index contributed by atoms with van der Waals surface area (Å²) in [6, 6.07) is 22.6. The van der Waals surface area contributed by atoms with E-state index in [2.05, 4.69) is 15.5 Å². The number of aromatic nitrogens is 4. The van der Waals surface area contributed by atoms with Gasteiger partial charge < -0.3 is 19.9 Å². The second-order valence-electron chi connectivity index (χ2n) is 13.0. The van der Waals surface area contributed by atoms with Gasteiger partial charge in [0.05, 0.1) is 33.4 Å². The van der Waals surface area contributed by atoms with Gasteiger partial charge in [0, 0.05) is 24.7 Å². The van der Waals surface area contributed by atoms with Crippen molar-refractivity contribution in [3.8, 4) is 28.6 Å². The first-order valence-electron chi connectivity index (χ1n) is 17.1. The molecule has 4 aromatic carbocycles. The van der Waals surface area contributed by atoms with Crippen molar-refractivity contribution in [3.63, 3.8) is 0 Å². The molecule has 1 aliphatic rings. The second-order valence-corrected chi connectivity index (χ2v) is 14.9. The first-order chi connectivity index (χ1) is 25.4. The van der Waals surface area contributed by atoms with E-state index >= 15 is 21.6 Å². The molecule has 0 saturated heterocycles. The zero-order valence-corrected chi connectivity index (χ0v) is 30.4. The first-order valence-corrected chi connectivity index (χ1v) is 18.5. The van der Waals surface area contributed by atoms with Crippen LogP contribution < -0.4 is 19.9 Å². The lowest BCUT2D eigenvalue weighted by molar-refractivity contribution is -0.139. The number of benzene rings is 4. The fourth-order valence-corrected chi connectivity index (χ4v) is 8.53. The van der Waals surface area contributed by atoms with Crippen molar-refractivity contribution in [2.45, 2.75) is 68.3 Å². The number of methoxy groups -OCH3 is 3. The fourth-order valence-electron chi connectivity index (χ4n) is 6.71. The Morgan fingerprint density at radius 2 is 1.25 bits per heavy atom. The maximum absolute atomic E-state index is 15.3. The summed E-state index contributed by atoms with van der Waals surface area (Å²) in [5, 5.41) is 12.2. The smallest absolute Gasteiger partial charge is 0.417 e. The molecule has 1 saturated carbocycles. The molecule has 5 aromatic rings. The molecule has 0 aliphatic heterocycles. The fraction of sp³-hybridized carbons (Fsp3) is 0.342. The number of nitrogens with zero attached hydrogens (tertiary/aromatic N) is 5. The van der Waals surface area contributed by atoms with E-state index in [0.29, 0.717) is 59.6 Å². The highest BCUT2D eigenvalue weighted by Gasteiger charge is 2.44.